The molecule has 2 atom stereocenters. The van der Waals surface area contributed by atoms with Crippen molar-refractivity contribution >= 4 is 0 Å². The third-order valence-electron chi connectivity index (χ3n) is 9.56. The molecule has 2 aliphatic heterocycles. The topological polar surface area (TPSA) is 83.9 Å². The fourth-order valence-corrected chi connectivity index (χ4v) is 7.28. The first-order valence-electron chi connectivity index (χ1n) is 16.7. The van der Waals surface area contributed by atoms with Gasteiger partial charge in [0, 0.05) is 39.3 Å². The third kappa shape index (κ3) is 6.81. The van der Waals surface area contributed by atoms with Crippen molar-refractivity contribution in [1.82, 2.24) is 9.80 Å². The molecule has 47 heavy (non-hydrogen) atoms. The van der Waals surface area contributed by atoms with Crippen molar-refractivity contribution in [2.45, 2.75) is 17.6 Å². The van der Waals surface area contributed by atoms with Crippen LogP contribution >= 0.6 is 0 Å². The smallest absolute Gasteiger partial charge is 0.119 e. The molecule has 246 valence electrons. The van der Waals surface area contributed by atoms with Crippen molar-refractivity contribution in [2.75, 3.05) is 78.9 Å². The second kappa shape index (κ2) is 14.6. The molecule has 0 aromatic heterocycles. The number of rotatable bonds is 12. The van der Waals surface area contributed by atoms with E-state index in [1.54, 1.807) is 0 Å². The monoisotopic (exact) mass is 636 g/mol. The molecule has 0 bridgehead atoms. The summed E-state index contributed by atoms with van der Waals surface area (Å²) < 4.78 is 23.0. The summed E-state index contributed by atoms with van der Waals surface area (Å²) in [5.41, 5.74) is 6.62. The van der Waals surface area contributed by atoms with E-state index in [-0.39, 0.29) is 13.2 Å². The molecule has 0 radical (unpaired) electrons. The molecule has 2 heterocycles. The largest absolute Gasteiger partial charge is 0.491 e. The van der Waals surface area contributed by atoms with E-state index >= 15 is 0 Å². The Morgan fingerprint density at radius 1 is 0.553 bits per heavy atom. The van der Waals surface area contributed by atoms with Gasteiger partial charge in [-0.1, -0.05) is 72.8 Å². The van der Waals surface area contributed by atoms with Gasteiger partial charge >= 0.3 is 0 Å². The normalized spacial score (nSPS) is 19.0. The Hall–Kier alpha value is -3.76. The molecule has 2 fully saturated rings. The lowest BCUT2D eigenvalue weighted by atomic mass is 9.68. The zero-order valence-corrected chi connectivity index (χ0v) is 26.8. The van der Waals surface area contributed by atoms with Gasteiger partial charge in [0.2, 0.25) is 0 Å². The van der Waals surface area contributed by atoms with Crippen LogP contribution in [0.15, 0.2) is 97.1 Å². The van der Waals surface area contributed by atoms with E-state index in [0.29, 0.717) is 39.5 Å². The molecular weight excluding hydrogens is 592 g/mol. The first kappa shape index (κ1) is 31.8. The first-order valence-corrected chi connectivity index (χ1v) is 16.7. The average molecular weight is 637 g/mol. The van der Waals surface area contributed by atoms with Crippen LogP contribution in [0.1, 0.15) is 22.3 Å². The molecule has 4 aromatic rings. The van der Waals surface area contributed by atoms with Crippen LogP contribution in [0.3, 0.4) is 0 Å². The zero-order valence-electron chi connectivity index (χ0n) is 26.8. The fourth-order valence-electron chi connectivity index (χ4n) is 7.28. The molecule has 8 nitrogen and oxygen atoms in total. The van der Waals surface area contributed by atoms with Crippen molar-refractivity contribution in [3.8, 4) is 22.6 Å². The minimum atomic E-state index is -0.575. The van der Waals surface area contributed by atoms with Crippen LogP contribution in [0.5, 0.6) is 11.5 Å². The number of hydrogen-bond donors (Lipinski definition) is 2. The second-order valence-corrected chi connectivity index (χ2v) is 12.6. The average Bonchev–Trinajstić information content (AvgIpc) is 3.42. The van der Waals surface area contributed by atoms with Gasteiger partial charge in [0.05, 0.1) is 31.8 Å². The summed E-state index contributed by atoms with van der Waals surface area (Å²) in [4.78, 5) is 4.42. The minimum Gasteiger partial charge on any atom is -0.491 e. The summed E-state index contributed by atoms with van der Waals surface area (Å²) in [5.74, 6) is 1.45. The van der Waals surface area contributed by atoms with Gasteiger partial charge in [0.25, 0.3) is 0 Å². The maximum atomic E-state index is 10.6. The van der Waals surface area contributed by atoms with Gasteiger partial charge in [-0.05, 0) is 57.6 Å². The Kier molecular flexibility index (Phi) is 9.86. The van der Waals surface area contributed by atoms with E-state index in [9.17, 15) is 10.2 Å². The van der Waals surface area contributed by atoms with Crippen molar-refractivity contribution < 1.29 is 29.2 Å². The van der Waals surface area contributed by atoms with E-state index in [0.717, 1.165) is 48.8 Å². The molecule has 2 saturated heterocycles. The Labute approximate surface area is 277 Å². The molecular formula is C39H44N2O6. The maximum absolute atomic E-state index is 10.6. The quantitative estimate of drug-likeness (QED) is 0.211. The molecule has 8 heteroatoms. The predicted octanol–water partition coefficient (Wildman–Crippen LogP) is 4.19. The Morgan fingerprint density at radius 2 is 0.936 bits per heavy atom. The highest BCUT2D eigenvalue weighted by Gasteiger charge is 2.45. The van der Waals surface area contributed by atoms with Gasteiger partial charge in [-0.3, -0.25) is 9.80 Å². The van der Waals surface area contributed by atoms with Gasteiger partial charge in [-0.2, -0.15) is 0 Å². The lowest BCUT2D eigenvalue weighted by Gasteiger charge is -2.34. The Bertz CT molecular complexity index is 1480. The summed E-state index contributed by atoms with van der Waals surface area (Å²) in [6.45, 7) is 7.77. The van der Waals surface area contributed by atoms with E-state index in [2.05, 4.69) is 82.6 Å². The SMILES string of the molecule is O[C@H](COc1ccc(C2(c3ccc(OC[C@@H](O)CN4CCOCC4)cc3)c3ccccc3-c3ccccc32)cc1)CN1CCOCC1. The summed E-state index contributed by atoms with van der Waals surface area (Å²) >= 11 is 0. The van der Waals surface area contributed by atoms with Crippen LogP contribution in [0.25, 0.3) is 11.1 Å². The van der Waals surface area contributed by atoms with Crippen molar-refractivity contribution in [2.24, 2.45) is 0 Å². The molecule has 0 spiro atoms. The summed E-state index contributed by atoms with van der Waals surface area (Å²) in [5, 5.41) is 21.2. The van der Waals surface area contributed by atoms with Gasteiger partial charge in [0.15, 0.2) is 0 Å². The van der Waals surface area contributed by atoms with E-state index in [4.69, 9.17) is 18.9 Å². The van der Waals surface area contributed by atoms with Crippen LogP contribution in [-0.4, -0.2) is 111 Å². The van der Waals surface area contributed by atoms with Crippen molar-refractivity contribution in [3.63, 3.8) is 0 Å². The summed E-state index contributed by atoms with van der Waals surface area (Å²) in [6, 6.07) is 33.9. The van der Waals surface area contributed by atoms with Gasteiger partial charge in [0.1, 0.15) is 36.9 Å². The van der Waals surface area contributed by atoms with Crippen LogP contribution in [0, 0.1) is 0 Å². The molecule has 0 amide bonds. The number of benzene rings is 4. The number of hydrogen-bond acceptors (Lipinski definition) is 8. The number of ether oxygens (including phenoxy) is 4. The lowest BCUT2D eigenvalue weighted by Crippen LogP contribution is -2.42. The zero-order chi connectivity index (χ0) is 32.1. The first-order chi connectivity index (χ1) is 23.1. The maximum Gasteiger partial charge on any atom is 0.119 e. The van der Waals surface area contributed by atoms with Gasteiger partial charge < -0.3 is 29.2 Å². The molecule has 7 rings (SSSR count). The van der Waals surface area contributed by atoms with Crippen LogP contribution < -0.4 is 9.47 Å². The molecule has 1 aliphatic carbocycles. The van der Waals surface area contributed by atoms with Crippen LogP contribution in [0.4, 0.5) is 0 Å². The predicted molar refractivity (Wildman–Crippen MR) is 181 cm³/mol. The van der Waals surface area contributed by atoms with Gasteiger partial charge in [-0.15, -0.1) is 0 Å². The Balaban J connectivity index is 1.13. The summed E-state index contributed by atoms with van der Waals surface area (Å²) in [7, 11) is 0. The van der Waals surface area contributed by atoms with E-state index in [1.807, 2.05) is 24.3 Å². The Morgan fingerprint density at radius 3 is 1.34 bits per heavy atom. The van der Waals surface area contributed by atoms with Crippen molar-refractivity contribution in [3.05, 3.63) is 119 Å². The van der Waals surface area contributed by atoms with Gasteiger partial charge in [-0.25, -0.2) is 0 Å². The lowest BCUT2D eigenvalue weighted by molar-refractivity contribution is 0.00452. The fraction of sp³-hybridized carbons (Fsp3) is 0.385. The minimum absolute atomic E-state index is 0.232. The number of β-amino-alcohol motifs (C(OH)–C–C–N with tert-alkyl or cyclic N) is 2. The highest BCUT2D eigenvalue weighted by Crippen LogP contribution is 2.56. The van der Waals surface area contributed by atoms with E-state index in [1.165, 1.54) is 22.3 Å². The highest BCUT2D eigenvalue weighted by molar-refractivity contribution is 5.86. The molecule has 0 saturated carbocycles. The molecule has 2 N–H and O–H groups in total. The second-order valence-electron chi connectivity index (χ2n) is 12.6. The summed E-state index contributed by atoms with van der Waals surface area (Å²) in [6.07, 6.45) is -1.15. The number of aliphatic hydroxyl groups is 2. The van der Waals surface area contributed by atoms with Crippen LogP contribution in [0.2, 0.25) is 0 Å². The highest BCUT2D eigenvalue weighted by atomic mass is 16.5. The number of nitrogens with zero attached hydrogens (tertiary/aromatic N) is 2. The standard InChI is InChI=1S/C39H44N2O6/c42-31(25-40-17-21-44-22-18-40)27-46-33-13-9-29(10-14-33)39(37-7-3-1-5-35(37)36-6-2-4-8-38(36)39)30-11-15-34(16-12-30)47-28-32(43)26-41-19-23-45-24-20-41/h1-16,31-32,42-43H,17-28H2/t31-,32-/m0/s1. The van der Waals surface area contributed by atoms with Crippen LogP contribution in [-0.2, 0) is 14.9 Å². The molecule has 0 unspecified atom stereocenters. The number of morpholine rings is 2. The molecule has 3 aliphatic rings. The third-order valence-corrected chi connectivity index (χ3v) is 9.56. The number of aliphatic hydroxyl groups excluding tert-OH is 2. The van der Waals surface area contributed by atoms with E-state index < -0.39 is 17.6 Å². The molecule has 4 aromatic carbocycles. The number of fused-ring (bicyclic) bond motifs is 3. The van der Waals surface area contributed by atoms with Crippen molar-refractivity contribution in [1.29, 1.82) is 0 Å².